The molecule has 0 saturated carbocycles. The van der Waals surface area contributed by atoms with Gasteiger partial charge in [0.25, 0.3) is 5.69 Å². The molecule has 6 nitrogen and oxygen atoms in total. The van der Waals surface area contributed by atoms with E-state index in [-0.39, 0.29) is 11.3 Å². The van der Waals surface area contributed by atoms with Crippen molar-refractivity contribution in [3.8, 4) is 0 Å². The van der Waals surface area contributed by atoms with Crippen molar-refractivity contribution in [1.82, 2.24) is 0 Å². The number of nitro groups is 1. The number of aliphatic hydroxyl groups is 1. The highest BCUT2D eigenvalue weighted by molar-refractivity contribution is 9.12. The van der Waals surface area contributed by atoms with Crippen LogP contribution in [0.25, 0.3) is 0 Å². The number of halogens is 2. The number of benzene rings is 1. The SMILES string of the molecule is CS(=O)(=O)[C@](Cl)(Br)[C@@H](O)c1cccc([N+](=O)[O-])c1. The minimum Gasteiger partial charge on any atom is -0.385 e. The average molecular weight is 359 g/mol. The first-order chi connectivity index (χ1) is 8.07. The van der Waals surface area contributed by atoms with E-state index < -0.39 is 24.0 Å². The van der Waals surface area contributed by atoms with E-state index in [4.69, 9.17) is 11.6 Å². The maximum atomic E-state index is 11.4. The number of alkyl halides is 2. The van der Waals surface area contributed by atoms with Crippen LogP contribution in [0.5, 0.6) is 0 Å². The van der Waals surface area contributed by atoms with Crippen LogP contribution in [0.3, 0.4) is 0 Å². The Bertz CT molecular complexity index is 574. The monoisotopic (exact) mass is 357 g/mol. The molecule has 0 saturated heterocycles. The van der Waals surface area contributed by atoms with Crippen molar-refractivity contribution in [1.29, 1.82) is 0 Å². The van der Waals surface area contributed by atoms with E-state index in [1.807, 2.05) is 0 Å². The van der Waals surface area contributed by atoms with Crippen LogP contribution in [-0.2, 0) is 9.84 Å². The van der Waals surface area contributed by atoms with E-state index in [9.17, 15) is 23.6 Å². The molecule has 1 rings (SSSR count). The summed E-state index contributed by atoms with van der Waals surface area (Å²) in [6.07, 6.45) is -0.802. The summed E-state index contributed by atoms with van der Waals surface area (Å²) in [7, 11) is -3.82. The quantitative estimate of drug-likeness (QED) is 0.504. The molecule has 0 unspecified atom stereocenters. The average Bonchev–Trinajstić information content (AvgIpc) is 2.26. The van der Waals surface area contributed by atoms with Crippen LogP contribution in [-0.4, -0.2) is 27.8 Å². The summed E-state index contributed by atoms with van der Waals surface area (Å²) >= 11 is 8.46. The second kappa shape index (κ2) is 5.12. The number of nitro benzene ring substituents is 1. The smallest absolute Gasteiger partial charge is 0.269 e. The van der Waals surface area contributed by atoms with Gasteiger partial charge in [-0.05, 0) is 21.5 Å². The molecule has 9 heteroatoms. The van der Waals surface area contributed by atoms with Gasteiger partial charge in [0, 0.05) is 18.4 Å². The molecule has 100 valence electrons. The Morgan fingerprint density at radius 1 is 1.56 bits per heavy atom. The van der Waals surface area contributed by atoms with Gasteiger partial charge >= 0.3 is 0 Å². The maximum absolute atomic E-state index is 11.4. The van der Waals surface area contributed by atoms with Crippen LogP contribution < -0.4 is 0 Å². The largest absolute Gasteiger partial charge is 0.385 e. The molecule has 1 aromatic rings. The molecule has 0 bridgehead atoms. The maximum Gasteiger partial charge on any atom is 0.269 e. The summed E-state index contributed by atoms with van der Waals surface area (Å²) in [6.45, 7) is 0. The highest BCUT2D eigenvalue weighted by atomic mass is 79.9. The second-order valence-electron chi connectivity index (χ2n) is 3.59. The van der Waals surface area contributed by atoms with E-state index in [2.05, 4.69) is 15.9 Å². The lowest BCUT2D eigenvalue weighted by atomic mass is 10.1. The Kier molecular flexibility index (Phi) is 4.37. The summed E-state index contributed by atoms with van der Waals surface area (Å²) in [5, 5.41) is 20.5. The van der Waals surface area contributed by atoms with Gasteiger partial charge in [0.1, 0.15) is 6.10 Å². The molecule has 0 aliphatic rings. The van der Waals surface area contributed by atoms with Crippen LogP contribution in [0.15, 0.2) is 24.3 Å². The number of hydrogen-bond acceptors (Lipinski definition) is 5. The molecule has 0 aromatic heterocycles. The fourth-order valence-corrected chi connectivity index (χ4v) is 2.14. The topological polar surface area (TPSA) is 97.5 Å². The molecule has 0 spiro atoms. The standard InChI is InChI=1S/C9H9BrClNO5S/c1-18(16,17)9(10,11)8(13)6-3-2-4-7(5-6)12(14)15/h2-5,8,13H,1H3/t8-,9-/m0/s1. The Morgan fingerprint density at radius 2 is 2.11 bits per heavy atom. The van der Waals surface area contributed by atoms with Crippen molar-refractivity contribution < 1.29 is 18.4 Å². The lowest BCUT2D eigenvalue weighted by Gasteiger charge is -2.24. The van der Waals surface area contributed by atoms with Crippen molar-refractivity contribution in [3.63, 3.8) is 0 Å². The third-order valence-electron chi connectivity index (χ3n) is 2.21. The molecule has 0 aliphatic heterocycles. The fraction of sp³-hybridized carbons (Fsp3) is 0.333. The molecule has 2 atom stereocenters. The van der Waals surface area contributed by atoms with Crippen LogP contribution in [0.1, 0.15) is 11.7 Å². The van der Waals surface area contributed by atoms with E-state index in [1.165, 1.54) is 18.2 Å². The number of nitrogens with zero attached hydrogens (tertiary/aromatic N) is 1. The molecule has 0 radical (unpaired) electrons. The molecule has 18 heavy (non-hydrogen) atoms. The summed E-state index contributed by atoms with van der Waals surface area (Å²) in [5.74, 6) is 0. The van der Waals surface area contributed by atoms with Crippen molar-refractivity contribution >= 4 is 43.1 Å². The first kappa shape index (κ1) is 15.4. The minimum absolute atomic E-state index is 0.0292. The minimum atomic E-state index is -3.82. The zero-order valence-electron chi connectivity index (χ0n) is 9.08. The lowest BCUT2D eigenvalue weighted by Crippen LogP contribution is -2.32. The van der Waals surface area contributed by atoms with Gasteiger partial charge in [-0.1, -0.05) is 23.7 Å². The van der Waals surface area contributed by atoms with Gasteiger partial charge in [-0.25, -0.2) is 8.42 Å². The van der Waals surface area contributed by atoms with Crippen molar-refractivity contribution in [2.45, 2.75) is 9.22 Å². The predicted molar refractivity (Wildman–Crippen MR) is 70.4 cm³/mol. The molecule has 0 heterocycles. The van der Waals surface area contributed by atoms with Gasteiger partial charge < -0.3 is 5.11 Å². The van der Waals surface area contributed by atoms with Gasteiger partial charge in [-0.2, -0.15) is 0 Å². The zero-order chi connectivity index (χ0) is 14.1. The van der Waals surface area contributed by atoms with Crippen molar-refractivity contribution in [2.75, 3.05) is 6.26 Å². The molecule has 1 N–H and O–H groups in total. The van der Waals surface area contributed by atoms with E-state index in [0.29, 0.717) is 0 Å². The molecule has 1 aromatic carbocycles. The van der Waals surface area contributed by atoms with Crippen LogP contribution in [0.4, 0.5) is 5.69 Å². The van der Waals surface area contributed by atoms with Crippen molar-refractivity contribution in [3.05, 3.63) is 39.9 Å². The zero-order valence-corrected chi connectivity index (χ0v) is 12.2. The van der Waals surface area contributed by atoms with E-state index in [1.54, 1.807) is 0 Å². The number of sulfone groups is 1. The highest BCUT2D eigenvalue weighted by Crippen LogP contribution is 2.42. The number of rotatable bonds is 4. The summed E-state index contributed by atoms with van der Waals surface area (Å²) in [4.78, 5) is 9.93. The highest BCUT2D eigenvalue weighted by Gasteiger charge is 2.44. The first-order valence-corrected chi connectivity index (χ1v) is 7.63. The number of hydrogen-bond donors (Lipinski definition) is 1. The van der Waals surface area contributed by atoms with Crippen LogP contribution >= 0.6 is 27.5 Å². The van der Waals surface area contributed by atoms with Gasteiger partial charge in [0.05, 0.1) is 4.92 Å². The Labute approximate surface area is 117 Å². The summed E-state index contributed by atoms with van der Waals surface area (Å²) < 4.78 is 20.7. The Morgan fingerprint density at radius 3 is 2.56 bits per heavy atom. The normalized spacial score (nSPS) is 16.9. The number of aliphatic hydroxyl groups excluding tert-OH is 1. The number of non-ortho nitro benzene ring substituents is 1. The van der Waals surface area contributed by atoms with E-state index in [0.717, 1.165) is 12.3 Å². The summed E-state index contributed by atoms with van der Waals surface area (Å²) in [5.41, 5.74) is -0.235. The van der Waals surface area contributed by atoms with Gasteiger partial charge in [0.15, 0.2) is 9.84 Å². The molecule has 0 aliphatic carbocycles. The molecule has 0 fully saturated rings. The van der Waals surface area contributed by atoms with Gasteiger partial charge in [-0.15, -0.1) is 0 Å². The van der Waals surface area contributed by atoms with E-state index >= 15 is 0 Å². The molecular weight excluding hydrogens is 350 g/mol. The Hall–Kier alpha value is -0.700. The second-order valence-corrected chi connectivity index (χ2v) is 8.83. The van der Waals surface area contributed by atoms with Gasteiger partial charge in [0.2, 0.25) is 3.12 Å². The third kappa shape index (κ3) is 3.00. The van der Waals surface area contributed by atoms with Gasteiger partial charge in [-0.3, -0.25) is 10.1 Å². The first-order valence-electron chi connectivity index (χ1n) is 4.57. The van der Waals surface area contributed by atoms with Crippen LogP contribution in [0, 0.1) is 10.1 Å². The lowest BCUT2D eigenvalue weighted by molar-refractivity contribution is -0.385. The third-order valence-corrected chi connectivity index (χ3v) is 6.67. The Balaban J connectivity index is 3.23. The molecular formula is C9H9BrClNO5S. The predicted octanol–water partition coefficient (Wildman–Crippen LogP) is 1.96. The van der Waals surface area contributed by atoms with Crippen molar-refractivity contribution in [2.24, 2.45) is 0 Å². The fourth-order valence-electron chi connectivity index (χ4n) is 1.21. The molecule has 0 amide bonds. The summed E-state index contributed by atoms with van der Waals surface area (Å²) in [6, 6.07) is 4.97. The van der Waals surface area contributed by atoms with Crippen LogP contribution in [0.2, 0.25) is 0 Å².